The molecule has 0 radical (unpaired) electrons. The molecule has 0 spiro atoms. The van der Waals surface area contributed by atoms with Crippen LogP contribution < -0.4 is 4.74 Å². The van der Waals surface area contributed by atoms with Gasteiger partial charge in [0.05, 0.1) is 0 Å². The zero-order chi connectivity index (χ0) is 20.6. The molecule has 0 aliphatic heterocycles. The molecule has 0 aromatic heterocycles. The van der Waals surface area contributed by atoms with Gasteiger partial charge in [-0.3, -0.25) is 4.79 Å². The summed E-state index contributed by atoms with van der Waals surface area (Å²) in [4.78, 5) is 14.3. The average Bonchev–Trinajstić information content (AvgIpc) is 2.83. The summed E-state index contributed by atoms with van der Waals surface area (Å²) in [7, 11) is 0. The van der Waals surface area contributed by atoms with Crippen LogP contribution in [0.2, 0.25) is 0 Å². The molecule has 3 aromatic rings. The van der Waals surface area contributed by atoms with Gasteiger partial charge in [-0.25, -0.2) is 0 Å². The van der Waals surface area contributed by atoms with Gasteiger partial charge in [-0.1, -0.05) is 79.9 Å². The van der Waals surface area contributed by atoms with Crippen molar-refractivity contribution in [1.82, 2.24) is 0 Å². The third-order valence-electron chi connectivity index (χ3n) is 5.68. The molecule has 3 aromatic carbocycles. The Kier molecular flexibility index (Phi) is 7.25. The van der Waals surface area contributed by atoms with Crippen molar-refractivity contribution in [3.63, 3.8) is 0 Å². The summed E-state index contributed by atoms with van der Waals surface area (Å²) >= 11 is 1.73. The Morgan fingerprint density at radius 1 is 0.833 bits per heavy atom. The van der Waals surface area contributed by atoms with E-state index in [0.29, 0.717) is 12.4 Å². The van der Waals surface area contributed by atoms with Gasteiger partial charge in [-0.15, -0.1) is 11.8 Å². The average molecular weight is 417 g/mol. The number of ketones is 1. The summed E-state index contributed by atoms with van der Waals surface area (Å²) in [5.74, 6) is 2.13. The van der Waals surface area contributed by atoms with E-state index in [4.69, 9.17) is 4.74 Å². The molecule has 1 saturated carbocycles. The van der Waals surface area contributed by atoms with Crippen molar-refractivity contribution in [3.05, 3.63) is 95.6 Å². The number of carbonyl (C=O) groups excluding carboxylic acids is 1. The standard InChI is InChI=1S/C27H28O2S/c28-27(23-14-8-3-9-15-23)25-17-16-24(29-19-21-10-4-1-5-11-21)18-26(25)30-20-22-12-6-2-7-13-22/h1-2,4-7,10-13,16-18,23H,3,8-9,14-15,19-20H2. The minimum Gasteiger partial charge on any atom is -0.489 e. The first-order valence-electron chi connectivity index (χ1n) is 10.8. The Morgan fingerprint density at radius 2 is 1.50 bits per heavy atom. The number of carbonyl (C=O) groups is 1. The van der Waals surface area contributed by atoms with E-state index >= 15 is 0 Å². The highest BCUT2D eigenvalue weighted by Crippen LogP contribution is 2.34. The highest BCUT2D eigenvalue weighted by atomic mass is 32.2. The fourth-order valence-electron chi connectivity index (χ4n) is 3.98. The summed E-state index contributed by atoms with van der Waals surface area (Å²) in [6, 6.07) is 26.6. The summed E-state index contributed by atoms with van der Waals surface area (Å²) in [6.45, 7) is 0.527. The van der Waals surface area contributed by atoms with E-state index in [1.54, 1.807) is 11.8 Å². The van der Waals surface area contributed by atoms with Crippen molar-refractivity contribution >= 4 is 17.5 Å². The number of hydrogen-bond acceptors (Lipinski definition) is 3. The molecule has 0 bridgehead atoms. The molecule has 4 rings (SSSR count). The fourth-order valence-corrected chi connectivity index (χ4v) is 5.01. The van der Waals surface area contributed by atoms with Crippen molar-refractivity contribution in [2.45, 2.75) is 49.4 Å². The largest absolute Gasteiger partial charge is 0.489 e. The molecule has 154 valence electrons. The minimum absolute atomic E-state index is 0.172. The van der Waals surface area contributed by atoms with Crippen LogP contribution in [-0.2, 0) is 12.4 Å². The van der Waals surface area contributed by atoms with Gasteiger partial charge >= 0.3 is 0 Å². The minimum atomic E-state index is 0.172. The predicted molar refractivity (Wildman–Crippen MR) is 124 cm³/mol. The lowest BCUT2D eigenvalue weighted by atomic mass is 9.84. The third-order valence-corrected chi connectivity index (χ3v) is 6.81. The van der Waals surface area contributed by atoms with Gasteiger partial charge in [-0.2, -0.15) is 0 Å². The second-order valence-electron chi connectivity index (χ2n) is 7.91. The highest BCUT2D eigenvalue weighted by Gasteiger charge is 2.24. The Labute approximate surface area is 183 Å². The lowest BCUT2D eigenvalue weighted by Gasteiger charge is -2.22. The Balaban J connectivity index is 1.53. The molecule has 0 unspecified atom stereocenters. The van der Waals surface area contributed by atoms with Crippen molar-refractivity contribution in [2.24, 2.45) is 5.92 Å². The molecule has 0 saturated heterocycles. The topological polar surface area (TPSA) is 26.3 Å². The van der Waals surface area contributed by atoms with Crippen LogP contribution in [0.1, 0.15) is 53.6 Å². The van der Waals surface area contributed by atoms with E-state index in [-0.39, 0.29) is 5.92 Å². The van der Waals surface area contributed by atoms with Gasteiger partial charge in [-0.05, 0) is 42.2 Å². The second-order valence-corrected chi connectivity index (χ2v) is 8.92. The highest BCUT2D eigenvalue weighted by molar-refractivity contribution is 7.98. The smallest absolute Gasteiger partial charge is 0.167 e. The zero-order valence-corrected chi connectivity index (χ0v) is 18.1. The van der Waals surface area contributed by atoms with E-state index in [0.717, 1.165) is 40.4 Å². The molecule has 0 amide bonds. The number of rotatable bonds is 8. The number of benzene rings is 3. The van der Waals surface area contributed by atoms with E-state index < -0.39 is 0 Å². The number of Topliss-reactive ketones (excluding diaryl/α,β-unsaturated/α-hetero) is 1. The molecule has 3 heteroatoms. The van der Waals surface area contributed by atoms with Crippen LogP contribution >= 0.6 is 11.8 Å². The SMILES string of the molecule is O=C(c1ccc(OCc2ccccc2)cc1SCc1ccccc1)C1CCCCC1. The Hall–Kier alpha value is -2.52. The molecule has 0 N–H and O–H groups in total. The van der Waals surface area contributed by atoms with Crippen LogP contribution in [0.5, 0.6) is 5.75 Å². The lowest BCUT2D eigenvalue weighted by Crippen LogP contribution is -2.18. The van der Waals surface area contributed by atoms with Crippen LogP contribution in [0.25, 0.3) is 0 Å². The number of hydrogen-bond donors (Lipinski definition) is 0. The summed E-state index contributed by atoms with van der Waals surface area (Å²) < 4.78 is 6.04. The molecule has 0 atom stereocenters. The molecule has 30 heavy (non-hydrogen) atoms. The van der Waals surface area contributed by atoms with E-state index in [9.17, 15) is 4.79 Å². The van der Waals surface area contributed by atoms with E-state index in [2.05, 4.69) is 36.4 Å². The summed E-state index contributed by atoms with van der Waals surface area (Å²) in [6.07, 6.45) is 5.63. The van der Waals surface area contributed by atoms with Gasteiger partial charge < -0.3 is 4.74 Å². The Morgan fingerprint density at radius 3 is 2.20 bits per heavy atom. The molecule has 2 nitrogen and oxygen atoms in total. The van der Waals surface area contributed by atoms with E-state index in [1.807, 2.05) is 42.5 Å². The van der Waals surface area contributed by atoms with Crippen molar-refractivity contribution in [1.29, 1.82) is 0 Å². The van der Waals surface area contributed by atoms with Gasteiger partial charge in [0, 0.05) is 22.1 Å². The van der Waals surface area contributed by atoms with Gasteiger partial charge in [0.15, 0.2) is 5.78 Å². The fraction of sp³-hybridized carbons (Fsp3) is 0.296. The first-order chi connectivity index (χ1) is 14.8. The van der Waals surface area contributed by atoms with Crippen LogP contribution in [0, 0.1) is 5.92 Å². The number of thioether (sulfide) groups is 1. The maximum Gasteiger partial charge on any atom is 0.167 e. The Bertz CT molecular complexity index is 947. The van der Waals surface area contributed by atoms with Crippen LogP contribution in [-0.4, -0.2) is 5.78 Å². The maximum atomic E-state index is 13.3. The summed E-state index contributed by atoms with van der Waals surface area (Å²) in [5.41, 5.74) is 3.25. The maximum absolute atomic E-state index is 13.3. The third kappa shape index (κ3) is 5.54. The molecule has 1 fully saturated rings. The van der Waals surface area contributed by atoms with Gasteiger partial charge in [0.25, 0.3) is 0 Å². The van der Waals surface area contributed by atoms with Crippen molar-refractivity contribution in [3.8, 4) is 5.75 Å². The molecule has 1 aliphatic rings. The molecule has 1 aliphatic carbocycles. The van der Waals surface area contributed by atoms with Gasteiger partial charge in [0.2, 0.25) is 0 Å². The lowest BCUT2D eigenvalue weighted by molar-refractivity contribution is 0.0886. The van der Waals surface area contributed by atoms with Crippen molar-refractivity contribution in [2.75, 3.05) is 0 Å². The predicted octanol–water partition coefficient (Wildman–Crippen LogP) is 7.32. The molecular weight excluding hydrogens is 388 g/mol. The van der Waals surface area contributed by atoms with E-state index in [1.165, 1.54) is 24.8 Å². The van der Waals surface area contributed by atoms with Crippen LogP contribution in [0.15, 0.2) is 83.8 Å². The first-order valence-corrected chi connectivity index (χ1v) is 11.8. The van der Waals surface area contributed by atoms with Crippen LogP contribution in [0.3, 0.4) is 0 Å². The molecular formula is C27H28O2S. The second kappa shape index (κ2) is 10.5. The van der Waals surface area contributed by atoms with Crippen LogP contribution in [0.4, 0.5) is 0 Å². The monoisotopic (exact) mass is 416 g/mol. The molecule has 0 heterocycles. The first kappa shape index (κ1) is 20.7. The quantitative estimate of drug-likeness (QED) is 0.284. The van der Waals surface area contributed by atoms with Crippen molar-refractivity contribution < 1.29 is 9.53 Å². The van der Waals surface area contributed by atoms with Gasteiger partial charge in [0.1, 0.15) is 12.4 Å². The zero-order valence-electron chi connectivity index (χ0n) is 17.3. The number of ether oxygens (including phenoxy) is 1. The summed E-state index contributed by atoms with van der Waals surface area (Å²) in [5, 5.41) is 0. The normalized spacial score (nSPS) is 14.4.